The highest BCUT2D eigenvalue weighted by Gasteiger charge is 2.40. The van der Waals surface area contributed by atoms with Crippen LogP contribution in [-0.4, -0.2) is 23.5 Å². The number of pyridine rings is 1. The number of para-hydroxylation sites is 1. The molecule has 2 heterocycles. The molecule has 1 unspecified atom stereocenters. The summed E-state index contributed by atoms with van der Waals surface area (Å²) in [4.78, 5) is 4.93. The molecule has 1 aliphatic heterocycles. The van der Waals surface area contributed by atoms with Gasteiger partial charge in [-0.25, -0.2) is 4.39 Å². The zero-order valence-corrected chi connectivity index (χ0v) is 15.3. The lowest BCUT2D eigenvalue weighted by molar-refractivity contribution is -0.0611. The van der Waals surface area contributed by atoms with Gasteiger partial charge < -0.3 is 14.6 Å². The van der Waals surface area contributed by atoms with Crippen LogP contribution in [0.2, 0.25) is 0 Å². The molecule has 1 aliphatic carbocycles. The molecule has 1 aromatic heterocycles. The maximum atomic E-state index is 13.6. The maximum absolute atomic E-state index is 13.6. The smallest absolute Gasteiger partial charge is 0.188 e. The summed E-state index contributed by atoms with van der Waals surface area (Å²) in [6.45, 7) is 0.155. The van der Waals surface area contributed by atoms with Crippen LogP contribution in [-0.2, 0) is 15.1 Å². The lowest BCUT2D eigenvalue weighted by Gasteiger charge is -2.29. The third kappa shape index (κ3) is 2.97. The summed E-state index contributed by atoms with van der Waals surface area (Å²) in [6, 6.07) is 14.3. The number of rotatable bonds is 3. The van der Waals surface area contributed by atoms with Gasteiger partial charge in [0.05, 0.1) is 24.1 Å². The van der Waals surface area contributed by atoms with Crippen LogP contribution in [0.15, 0.2) is 60.9 Å². The van der Waals surface area contributed by atoms with E-state index < -0.39 is 5.60 Å². The molecular formula is C23H20FNO3. The number of aliphatic hydroxyl groups is 1. The molecule has 5 rings (SSSR count). The Hall–Kier alpha value is -2.76. The second kappa shape index (κ2) is 6.69. The van der Waals surface area contributed by atoms with Crippen molar-refractivity contribution < 1.29 is 19.0 Å². The van der Waals surface area contributed by atoms with Gasteiger partial charge in [-0.05, 0) is 48.2 Å². The van der Waals surface area contributed by atoms with Crippen LogP contribution in [0.4, 0.5) is 4.39 Å². The Morgan fingerprint density at radius 3 is 2.64 bits per heavy atom. The van der Waals surface area contributed by atoms with E-state index in [4.69, 9.17) is 14.5 Å². The van der Waals surface area contributed by atoms with Crippen LogP contribution in [0.25, 0.3) is 22.0 Å². The summed E-state index contributed by atoms with van der Waals surface area (Å²) in [6.07, 6.45) is 5.19. The van der Waals surface area contributed by atoms with Crippen molar-refractivity contribution in [1.82, 2.24) is 4.98 Å². The van der Waals surface area contributed by atoms with Crippen molar-refractivity contribution in [1.29, 1.82) is 0 Å². The third-order valence-electron chi connectivity index (χ3n) is 5.36. The number of halogens is 1. The van der Waals surface area contributed by atoms with E-state index in [0.717, 1.165) is 46.1 Å². The standard InChI is InChI=1S/C23H20FNO3/c24-17-9-7-15(8-10-17)20-18-3-1-2-4-19(18)25-22(16-5-6-16)21(20)23(26)11-12-27-14-28-13-23/h1-4,7-12,16,26H,5-6,13-14H2. The summed E-state index contributed by atoms with van der Waals surface area (Å²) in [5.74, 6) is 0.0105. The first kappa shape index (κ1) is 17.3. The topological polar surface area (TPSA) is 51.6 Å². The molecule has 0 amide bonds. The number of aromatic nitrogens is 1. The second-order valence-electron chi connectivity index (χ2n) is 7.41. The van der Waals surface area contributed by atoms with Crippen molar-refractivity contribution in [2.24, 2.45) is 0 Å². The molecule has 5 heteroatoms. The molecule has 0 radical (unpaired) electrons. The first-order valence-corrected chi connectivity index (χ1v) is 9.44. The number of ether oxygens (including phenoxy) is 2. The fraction of sp³-hybridized carbons (Fsp3) is 0.261. The maximum Gasteiger partial charge on any atom is 0.188 e. The predicted molar refractivity (Wildman–Crippen MR) is 104 cm³/mol. The molecule has 142 valence electrons. The average molecular weight is 377 g/mol. The monoisotopic (exact) mass is 377 g/mol. The summed E-state index contributed by atoms with van der Waals surface area (Å²) in [7, 11) is 0. The van der Waals surface area contributed by atoms with Gasteiger partial charge in [-0.3, -0.25) is 4.98 Å². The van der Waals surface area contributed by atoms with Gasteiger partial charge in [-0.15, -0.1) is 0 Å². The fourth-order valence-corrected chi connectivity index (χ4v) is 3.89. The largest absolute Gasteiger partial charge is 0.475 e. The molecule has 1 atom stereocenters. The molecule has 1 fully saturated rings. The zero-order valence-electron chi connectivity index (χ0n) is 15.3. The molecule has 1 N–H and O–H groups in total. The van der Waals surface area contributed by atoms with Gasteiger partial charge >= 0.3 is 0 Å². The average Bonchev–Trinajstić information content (AvgIpc) is 3.56. The number of hydrogen-bond acceptors (Lipinski definition) is 4. The van der Waals surface area contributed by atoms with Crippen LogP contribution < -0.4 is 0 Å². The molecule has 3 aromatic rings. The van der Waals surface area contributed by atoms with Crippen molar-refractivity contribution in [2.45, 2.75) is 24.4 Å². The van der Waals surface area contributed by atoms with E-state index in [1.165, 1.54) is 18.4 Å². The molecule has 0 saturated heterocycles. The van der Waals surface area contributed by atoms with Gasteiger partial charge in [0.25, 0.3) is 0 Å². The van der Waals surface area contributed by atoms with Crippen LogP contribution in [0, 0.1) is 5.82 Å². The van der Waals surface area contributed by atoms with Crippen LogP contribution in [0.5, 0.6) is 0 Å². The predicted octanol–water partition coefficient (Wildman–Crippen LogP) is 4.62. The minimum absolute atomic E-state index is 0.0669. The Balaban J connectivity index is 1.87. The van der Waals surface area contributed by atoms with E-state index in [1.807, 2.05) is 24.3 Å². The third-order valence-corrected chi connectivity index (χ3v) is 5.36. The minimum Gasteiger partial charge on any atom is -0.475 e. The van der Waals surface area contributed by atoms with Crippen molar-refractivity contribution in [3.63, 3.8) is 0 Å². The summed E-state index contributed by atoms with van der Waals surface area (Å²) in [5.41, 5.74) is 2.80. The van der Waals surface area contributed by atoms with Crippen LogP contribution in [0.1, 0.15) is 30.0 Å². The number of hydrogen-bond donors (Lipinski definition) is 1. The van der Waals surface area contributed by atoms with Gasteiger partial charge in [-0.1, -0.05) is 30.3 Å². The highest BCUT2D eigenvalue weighted by Crippen LogP contribution is 2.48. The van der Waals surface area contributed by atoms with Gasteiger partial charge in [0, 0.05) is 16.9 Å². The SMILES string of the molecule is OC1(c2c(C3CC3)nc3ccccc3c2-c2ccc(F)cc2)C=COCOC1. The Kier molecular flexibility index (Phi) is 4.14. The number of benzene rings is 2. The number of nitrogens with zero attached hydrogens (tertiary/aromatic N) is 1. The Labute approximate surface area is 162 Å². The quantitative estimate of drug-likeness (QED) is 0.723. The first-order valence-electron chi connectivity index (χ1n) is 9.44. The normalized spacial score (nSPS) is 22.1. The van der Waals surface area contributed by atoms with Gasteiger partial charge in [0.15, 0.2) is 6.79 Å². The summed E-state index contributed by atoms with van der Waals surface area (Å²) < 4.78 is 24.4. The fourth-order valence-electron chi connectivity index (χ4n) is 3.89. The highest BCUT2D eigenvalue weighted by molar-refractivity contribution is 5.97. The summed E-state index contributed by atoms with van der Waals surface area (Å²) in [5, 5.41) is 12.5. The summed E-state index contributed by atoms with van der Waals surface area (Å²) >= 11 is 0. The van der Waals surface area contributed by atoms with Gasteiger partial charge in [0.1, 0.15) is 11.4 Å². The Morgan fingerprint density at radius 1 is 1.07 bits per heavy atom. The van der Waals surface area contributed by atoms with E-state index in [1.54, 1.807) is 18.2 Å². The van der Waals surface area contributed by atoms with E-state index in [0.29, 0.717) is 5.92 Å². The molecule has 0 spiro atoms. The van der Waals surface area contributed by atoms with Gasteiger partial charge in [-0.2, -0.15) is 0 Å². The van der Waals surface area contributed by atoms with Crippen molar-refractivity contribution in [3.05, 3.63) is 77.9 Å². The zero-order chi connectivity index (χ0) is 19.1. The molecule has 4 nitrogen and oxygen atoms in total. The molecular weight excluding hydrogens is 357 g/mol. The first-order chi connectivity index (χ1) is 13.7. The van der Waals surface area contributed by atoms with Crippen molar-refractivity contribution in [2.75, 3.05) is 13.4 Å². The van der Waals surface area contributed by atoms with E-state index in [9.17, 15) is 9.50 Å². The van der Waals surface area contributed by atoms with E-state index in [-0.39, 0.29) is 19.2 Å². The lowest BCUT2D eigenvalue weighted by Crippen LogP contribution is -2.31. The molecule has 2 aliphatic rings. The van der Waals surface area contributed by atoms with Crippen molar-refractivity contribution >= 4 is 10.9 Å². The molecule has 0 bridgehead atoms. The molecule has 1 saturated carbocycles. The Bertz CT molecular complexity index is 1060. The van der Waals surface area contributed by atoms with Gasteiger partial charge in [0.2, 0.25) is 0 Å². The highest BCUT2D eigenvalue weighted by atomic mass is 19.1. The second-order valence-corrected chi connectivity index (χ2v) is 7.41. The van der Waals surface area contributed by atoms with Crippen molar-refractivity contribution in [3.8, 4) is 11.1 Å². The van der Waals surface area contributed by atoms with E-state index >= 15 is 0 Å². The number of fused-ring (bicyclic) bond motifs is 1. The minimum atomic E-state index is -1.38. The Morgan fingerprint density at radius 2 is 1.86 bits per heavy atom. The molecule has 28 heavy (non-hydrogen) atoms. The van der Waals surface area contributed by atoms with E-state index in [2.05, 4.69) is 0 Å². The van der Waals surface area contributed by atoms with Crippen LogP contribution >= 0.6 is 0 Å². The van der Waals surface area contributed by atoms with Crippen LogP contribution in [0.3, 0.4) is 0 Å². The lowest BCUT2D eigenvalue weighted by atomic mass is 9.83. The molecule has 2 aromatic carbocycles.